The van der Waals surface area contributed by atoms with Crippen LogP contribution in [0.1, 0.15) is 45.4 Å². The molecule has 0 saturated carbocycles. The van der Waals surface area contributed by atoms with E-state index in [0.29, 0.717) is 19.3 Å². The van der Waals surface area contributed by atoms with Gasteiger partial charge in [0.05, 0.1) is 0 Å². The zero-order valence-corrected chi connectivity index (χ0v) is 18.9. The van der Waals surface area contributed by atoms with Gasteiger partial charge in [-0.25, -0.2) is 43.9 Å². The molecule has 11 heteroatoms. The average Bonchev–Trinajstić information content (AvgIpc) is 3.39. The van der Waals surface area contributed by atoms with Gasteiger partial charge in [-0.1, -0.05) is 48.7 Å². The zero-order chi connectivity index (χ0) is 26.7. The van der Waals surface area contributed by atoms with Crippen molar-refractivity contribution in [3.8, 4) is 0 Å². The second-order valence-electron chi connectivity index (χ2n) is 8.28. The number of halogens is 10. The SMILES string of the molecule is CCC/C=C(\CCCC1=CC=CC1)B(c1c(F)c(F)c(F)c(F)c1F)c1c(F)c(F)c(F)c(F)c1F. The van der Waals surface area contributed by atoms with Gasteiger partial charge in [-0.05, 0) is 32.1 Å². The van der Waals surface area contributed by atoms with Crippen molar-refractivity contribution in [2.24, 2.45) is 0 Å². The fraction of sp³-hybridized carbons (Fsp3) is 0.280. The van der Waals surface area contributed by atoms with Crippen molar-refractivity contribution in [1.29, 1.82) is 0 Å². The van der Waals surface area contributed by atoms with Crippen LogP contribution in [0.2, 0.25) is 0 Å². The predicted molar refractivity (Wildman–Crippen MR) is 116 cm³/mol. The number of rotatable bonds is 9. The third-order valence-corrected chi connectivity index (χ3v) is 5.94. The van der Waals surface area contributed by atoms with Gasteiger partial charge in [0.2, 0.25) is 0 Å². The van der Waals surface area contributed by atoms with E-state index in [2.05, 4.69) is 0 Å². The van der Waals surface area contributed by atoms with Gasteiger partial charge >= 0.3 is 0 Å². The maximum atomic E-state index is 14.9. The standard InChI is InChI=1S/C25H19BF10/c1-2-3-10-13(11-6-9-12-7-4-5-8-12)26(14-16(27)20(31)24(35)21(32)17(14)28)15-18(29)22(33)25(36)23(34)19(15)30/h4-5,7,10H,2-3,6,8-9,11H2,1H3/b13-10+. The smallest absolute Gasteiger partial charge is 0.204 e. The fourth-order valence-corrected chi connectivity index (χ4v) is 4.16. The van der Waals surface area contributed by atoms with E-state index in [1.807, 2.05) is 6.08 Å². The Balaban J connectivity index is 2.29. The first kappa shape index (κ1) is 27.6. The molecule has 3 rings (SSSR count). The van der Waals surface area contributed by atoms with Crippen LogP contribution < -0.4 is 10.9 Å². The molecule has 36 heavy (non-hydrogen) atoms. The molecular formula is C25H19BF10. The summed E-state index contributed by atoms with van der Waals surface area (Å²) < 4.78 is 143. The summed E-state index contributed by atoms with van der Waals surface area (Å²) in [5, 5.41) is 0. The normalized spacial score (nSPS) is 13.5. The Kier molecular flexibility index (Phi) is 8.73. The molecule has 0 N–H and O–H groups in total. The van der Waals surface area contributed by atoms with E-state index >= 15 is 0 Å². The second kappa shape index (κ2) is 11.4. The van der Waals surface area contributed by atoms with Gasteiger partial charge < -0.3 is 0 Å². The molecule has 0 heterocycles. The lowest BCUT2D eigenvalue weighted by Crippen LogP contribution is -2.52. The first-order chi connectivity index (χ1) is 17.0. The van der Waals surface area contributed by atoms with E-state index in [4.69, 9.17) is 0 Å². The van der Waals surface area contributed by atoms with Gasteiger partial charge in [0.1, 0.15) is 0 Å². The minimum atomic E-state index is -2.52. The highest BCUT2D eigenvalue weighted by atomic mass is 19.2. The molecule has 2 aromatic rings. The summed E-state index contributed by atoms with van der Waals surface area (Å²) in [6, 6.07) is 0. The summed E-state index contributed by atoms with van der Waals surface area (Å²) in [4.78, 5) is 0. The average molecular weight is 520 g/mol. The Labute approximate surface area is 201 Å². The minimum Gasteiger partial charge on any atom is -0.204 e. The highest BCUT2D eigenvalue weighted by Gasteiger charge is 2.41. The predicted octanol–water partition coefficient (Wildman–Crippen LogP) is 7.01. The first-order valence-electron chi connectivity index (χ1n) is 11.1. The molecule has 0 aliphatic heterocycles. The van der Waals surface area contributed by atoms with Crippen molar-refractivity contribution in [1.82, 2.24) is 0 Å². The Morgan fingerprint density at radius 1 is 0.722 bits per heavy atom. The summed E-state index contributed by atoms with van der Waals surface area (Å²) in [7, 11) is 0. The van der Waals surface area contributed by atoms with E-state index in [-0.39, 0.29) is 24.7 Å². The lowest BCUT2D eigenvalue weighted by molar-refractivity contribution is 0.382. The van der Waals surface area contributed by atoms with Gasteiger partial charge in [0, 0.05) is 10.9 Å². The maximum absolute atomic E-state index is 14.9. The largest absolute Gasteiger partial charge is 0.252 e. The second-order valence-corrected chi connectivity index (χ2v) is 8.28. The highest BCUT2D eigenvalue weighted by molar-refractivity contribution is 6.91. The van der Waals surface area contributed by atoms with Crippen molar-refractivity contribution in [2.75, 3.05) is 0 Å². The molecule has 0 unspecified atom stereocenters. The van der Waals surface area contributed by atoms with Crippen LogP contribution in [-0.2, 0) is 0 Å². The third kappa shape index (κ3) is 5.10. The summed E-state index contributed by atoms with van der Waals surface area (Å²) in [5.41, 5.74) is -2.68. The third-order valence-electron chi connectivity index (χ3n) is 5.94. The summed E-state index contributed by atoms with van der Waals surface area (Å²) in [6.07, 6.45) is 8.32. The quantitative estimate of drug-likeness (QED) is 0.145. The van der Waals surface area contributed by atoms with Crippen LogP contribution in [0, 0.1) is 58.2 Å². The maximum Gasteiger partial charge on any atom is 0.252 e. The fourth-order valence-electron chi connectivity index (χ4n) is 4.16. The topological polar surface area (TPSA) is 0 Å². The monoisotopic (exact) mass is 520 g/mol. The molecule has 0 amide bonds. The Bertz CT molecular complexity index is 1130. The van der Waals surface area contributed by atoms with Crippen LogP contribution in [0.5, 0.6) is 0 Å². The molecule has 0 radical (unpaired) electrons. The molecule has 2 aromatic carbocycles. The number of hydrogen-bond donors (Lipinski definition) is 0. The van der Waals surface area contributed by atoms with Gasteiger partial charge in [-0.15, -0.1) is 0 Å². The Morgan fingerprint density at radius 3 is 1.56 bits per heavy atom. The van der Waals surface area contributed by atoms with Gasteiger partial charge in [-0.2, -0.15) is 0 Å². The van der Waals surface area contributed by atoms with Crippen molar-refractivity contribution >= 4 is 17.6 Å². The van der Waals surface area contributed by atoms with Crippen LogP contribution in [-0.4, -0.2) is 6.71 Å². The molecule has 1 aliphatic carbocycles. The van der Waals surface area contributed by atoms with Crippen LogP contribution >= 0.6 is 0 Å². The molecular weight excluding hydrogens is 501 g/mol. The van der Waals surface area contributed by atoms with Gasteiger partial charge in [0.15, 0.2) is 58.2 Å². The summed E-state index contributed by atoms with van der Waals surface area (Å²) in [6.45, 7) is -0.795. The molecule has 0 atom stereocenters. The number of unbranched alkanes of at least 4 members (excludes halogenated alkanes) is 1. The lowest BCUT2D eigenvalue weighted by atomic mass is 9.35. The van der Waals surface area contributed by atoms with Crippen LogP contribution in [0.15, 0.2) is 35.3 Å². The number of benzene rings is 2. The Hall–Kier alpha value is -2.98. The summed E-state index contributed by atoms with van der Waals surface area (Å²) in [5.74, 6) is -24.4. The number of hydrogen-bond acceptors (Lipinski definition) is 0. The minimum absolute atomic E-state index is 0.140. The molecule has 1 aliphatic rings. The van der Waals surface area contributed by atoms with Gasteiger partial charge in [-0.3, -0.25) is 0 Å². The molecule has 192 valence electrons. The van der Waals surface area contributed by atoms with Crippen LogP contribution in [0.3, 0.4) is 0 Å². The molecule has 0 spiro atoms. The van der Waals surface area contributed by atoms with E-state index in [1.165, 1.54) is 6.08 Å². The highest BCUT2D eigenvalue weighted by Crippen LogP contribution is 2.26. The van der Waals surface area contributed by atoms with Crippen molar-refractivity contribution in [2.45, 2.75) is 45.4 Å². The van der Waals surface area contributed by atoms with E-state index in [9.17, 15) is 43.9 Å². The van der Waals surface area contributed by atoms with Crippen molar-refractivity contribution < 1.29 is 43.9 Å². The lowest BCUT2D eigenvalue weighted by Gasteiger charge is -2.22. The molecule has 0 aromatic heterocycles. The van der Waals surface area contributed by atoms with Crippen LogP contribution in [0.4, 0.5) is 43.9 Å². The Morgan fingerprint density at radius 2 is 1.17 bits per heavy atom. The van der Waals surface area contributed by atoms with Crippen molar-refractivity contribution in [3.63, 3.8) is 0 Å². The van der Waals surface area contributed by atoms with Crippen molar-refractivity contribution in [3.05, 3.63) is 93.5 Å². The molecule has 0 saturated heterocycles. The van der Waals surface area contributed by atoms with E-state index in [1.54, 1.807) is 19.1 Å². The zero-order valence-electron chi connectivity index (χ0n) is 18.9. The number of allylic oxidation sites excluding steroid dienone is 6. The van der Waals surface area contributed by atoms with E-state index < -0.39 is 75.8 Å². The van der Waals surface area contributed by atoms with E-state index in [0.717, 1.165) is 5.57 Å². The van der Waals surface area contributed by atoms with Crippen LogP contribution in [0.25, 0.3) is 0 Å². The molecule has 0 bridgehead atoms. The van der Waals surface area contributed by atoms with Gasteiger partial charge in [0.25, 0.3) is 6.71 Å². The first-order valence-corrected chi connectivity index (χ1v) is 11.1. The molecule has 0 fully saturated rings. The molecule has 0 nitrogen and oxygen atoms in total. The summed E-state index contributed by atoms with van der Waals surface area (Å²) >= 11 is 0.